The molecule has 7 nitrogen and oxygen atoms in total. The van der Waals surface area contributed by atoms with Crippen LogP contribution in [-0.4, -0.2) is 60.4 Å². The van der Waals surface area contributed by atoms with Crippen molar-refractivity contribution < 1.29 is 9.47 Å². The number of nitrogens with zero attached hydrogens (tertiary/aromatic N) is 5. The van der Waals surface area contributed by atoms with Gasteiger partial charge in [-0.1, -0.05) is 0 Å². The van der Waals surface area contributed by atoms with Crippen molar-refractivity contribution in [1.82, 2.24) is 14.5 Å². The van der Waals surface area contributed by atoms with Gasteiger partial charge in [0.2, 0.25) is 0 Å². The Kier molecular flexibility index (Phi) is 5.63. The Morgan fingerprint density at radius 2 is 1.71 bits per heavy atom. The van der Waals surface area contributed by atoms with Crippen LogP contribution in [0.2, 0.25) is 0 Å². The van der Waals surface area contributed by atoms with E-state index in [1.54, 1.807) is 0 Å². The molecule has 0 unspecified atom stereocenters. The van der Waals surface area contributed by atoms with E-state index in [4.69, 9.17) is 14.7 Å². The molecule has 1 fully saturated rings. The number of rotatable bonds is 6. The Balaban J connectivity index is 1.08. The summed E-state index contributed by atoms with van der Waals surface area (Å²) in [6.07, 6.45) is 4.14. The van der Waals surface area contributed by atoms with Gasteiger partial charge in [0.25, 0.3) is 0 Å². The molecule has 3 aromatic rings. The number of unbranched alkanes of at least 4 members (excludes halogenated alkanes) is 1. The Hall–Kier alpha value is -3.24. The molecule has 1 aromatic heterocycles. The number of fused-ring (bicyclic) bond motifs is 2. The molecule has 2 aliphatic rings. The fourth-order valence-corrected chi connectivity index (χ4v) is 4.38. The Morgan fingerprint density at radius 3 is 2.55 bits per heavy atom. The van der Waals surface area contributed by atoms with Crippen LogP contribution in [0.15, 0.2) is 42.7 Å². The van der Waals surface area contributed by atoms with Gasteiger partial charge in [0.05, 0.1) is 29.0 Å². The molecule has 3 heterocycles. The molecule has 160 valence electrons. The molecule has 0 N–H and O–H groups in total. The molecule has 0 radical (unpaired) electrons. The molecule has 7 heteroatoms. The lowest BCUT2D eigenvalue weighted by molar-refractivity contribution is 0.171. The van der Waals surface area contributed by atoms with Crippen LogP contribution in [0.1, 0.15) is 18.4 Å². The predicted molar refractivity (Wildman–Crippen MR) is 120 cm³/mol. The van der Waals surface area contributed by atoms with Gasteiger partial charge in [-0.25, -0.2) is 4.98 Å². The molecule has 1 saturated heterocycles. The Bertz CT molecular complexity index is 1100. The molecule has 0 bridgehead atoms. The van der Waals surface area contributed by atoms with Gasteiger partial charge in [0.1, 0.15) is 13.2 Å². The first-order valence-electron chi connectivity index (χ1n) is 11.0. The van der Waals surface area contributed by atoms with Gasteiger partial charge in [-0.2, -0.15) is 5.26 Å². The Morgan fingerprint density at radius 1 is 0.903 bits per heavy atom. The van der Waals surface area contributed by atoms with E-state index in [0.29, 0.717) is 18.8 Å². The maximum absolute atomic E-state index is 9.13. The minimum absolute atomic E-state index is 0.624. The zero-order chi connectivity index (χ0) is 21.0. The van der Waals surface area contributed by atoms with Crippen LogP contribution in [0.4, 0.5) is 5.69 Å². The van der Waals surface area contributed by atoms with Crippen molar-refractivity contribution >= 4 is 16.7 Å². The fourth-order valence-electron chi connectivity index (χ4n) is 4.38. The van der Waals surface area contributed by atoms with Gasteiger partial charge in [-0.15, -0.1) is 0 Å². The SMILES string of the molecule is N#Cc1ccc2ncn(CCCCN3CCN(c4ccc5c(c4)OCCO5)CC3)c2c1. The summed E-state index contributed by atoms with van der Waals surface area (Å²) >= 11 is 0. The van der Waals surface area contributed by atoms with Crippen LogP contribution in [0.25, 0.3) is 11.0 Å². The van der Waals surface area contributed by atoms with Gasteiger partial charge in [0.15, 0.2) is 11.5 Å². The Labute approximate surface area is 182 Å². The first-order valence-corrected chi connectivity index (χ1v) is 11.0. The molecule has 0 amide bonds. The van der Waals surface area contributed by atoms with Gasteiger partial charge in [-0.3, -0.25) is 4.90 Å². The topological polar surface area (TPSA) is 66.6 Å². The molecule has 0 aliphatic carbocycles. The molecule has 2 aromatic carbocycles. The third-order valence-electron chi connectivity index (χ3n) is 6.14. The van der Waals surface area contributed by atoms with E-state index in [1.165, 1.54) is 5.69 Å². The second-order valence-corrected chi connectivity index (χ2v) is 8.12. The highest BCUT2D eigenvalue weighted by Crippen LogP contribution is 2.34. The first kappa shape index (κ1) is 19.7. The van der Waals surface area contributed by atoms with Crippen molar-refractivity contribution in [2.24, 2.45) is 0 Å². The molecule has 2 aliphatic heterocycles. The monoisotopic (exact) mass is 417 g/mol. The quantitative estimate of drug-likeness (QED) is 0.574. The summed E-state index contributed by atoms with van der Waals surface area (Å²) < 4.78 is 13.5. The highest BCUT2D eigenvalue weighted by Gasteiger charge is 2.19. The lowest BCUT2D eigenvalue weighted by Crippen LogP contribution is -2.46. The molecular formula is C24H27N5O2. The number of nitriles is 1. The van der Waals surface area contributed by atoms with Crippen LogP contribution in [0, 0.1) is 11.3 Å². The standard InChI is InChI=1S/C24H27N5O2/c25-17-19-3-5-21-22(15-19)29(18-26-21)8-2-1-7-27-9-11-28(12-10-27)20-4-6-23-24(16-20)31-14-13-30-23/h3-6,15-16,18H,1-2,7-14H2. The highest BCUT2D eigenvalue weighted by atomic mass is 16.6. The number of imidazole rings is 1. The van der Waals surface area contributed by atoms with Crippen LogP contribution >= 0.6 is 0 Å². The van der Waals surface area contributed by atoms with Gasteiger partial charge in [0, 0.05) is 44.5 Å². The summed E-state index contributed by atoms with van der Waals surface area (Å²) in [4.78, 5) is 9.43. The summed E-state index contributed by atoms with van der Waals surface area (Å²) in [6.45, 7) is 7.52. The lowest BCUT2D eigenvalue weighted by atomic mass is 10.2. The van der Waals surface area contributed by atoms with Crippen LogP contribution in [-0.2, 0) is 6.54 Å². The van der Waals surface area contributed by atoms with Crippen molar-refractivity contribution in [1.29, 1.82) is 5.26 Å². The van der Waals surface area contributed by atoms with Crippen molar-refractivity contribution in [3.8, 4) is 17.6 Å². The summed E-state index contributed by atoms with van der Waals surface area (Å²) in [5.74, 6) is 1.71. The number of benzene rings is 2. The largest absolute Gasteiger partial charge is 0.486 e. The van der Waals surface area contributed by atoms with Crippen molar-refractivity contribution in [2.75, 3.05) is 50.8 Å². The summed E-state index contributed by atoms with van der Waals surface area (Å²) in [5, 5.41) is 9.13. The van der Waals surface area contributed by atoms with Gasteiger partial charge < -0.3 is 18.9 Å². The van der Waals surface area contributed by atoms with Crippen molar-refractivity contribution in [2.45, 2.75) is 19.4 Å². The summed E-state index contributed by atoms with van der Waals surface area (Å²) in [5.41, 5.74) is 3.90. The van der Waals surface area contributed by atoms with E-state index in [0.717, 1.165) is 74.6 Å². The smallest absolute Gasteiger partial charge is 0.163 e. The van der Waals surface area contributed by atoms with Gasteiger partial charge in [-0.05, 0) is 49.7 Å². The highest BCUT2D eigenvalue weighted by molar-refractivity contribution is 5.76. The minimum Gasteiger partial charge on any atom is -0.486 e. The van der Waals surface area contributed by atoms with Crippen LogP contribution < -0.4 is 14.4 Å². The third-order valence-corrected chi connectivity index (χ3v) is 6.14. The van der Waals surface area contributed by atoms with Crippen LogP contribution in [0.3, 0.4) is 0 Å². The maximum Gasteiger partial charge on any atom is 0.163 e. The average Bonchev–Trinajstić information content (AvgIpc) is 3.24. The first-order chi connectivity index (χ1) is 15.3. The van der Waals surface area contributed by atoms with E-state index in [2.05, 4.69) is 37.6 Å². The predicted octanol–water partition coefficient (Wildman–Crippen LogP) is 3.28. The number of aryl methyl sites for hydroxylation is 1. The van der Waals surface area contributed by atoms with E-state index in [1.807, 2.05) is 30.6 Å². The lowest BCUT2D eigenvalue weighted by Gasteiger charge is -2.36. The van der Waals surface area contributed by atoms with Crippen molar-refractivity contribution in [3.05, 3.63) is 48.3 Å². The zero-order valence-corrected chi connectivity index (χ0v) is 17.7. The van der Waals surface area contributed by atoms with Crippen LogP contribution in [0.5, 0.6) is 11.5 Å². The van der Waals surface area contributed by atoms with E-state index in [-0.39, 0.29) is 0 Å². The molecule has 5 rings (SSSR count). The van der Waals surface area contributed by atoms with E-state index < -0.39 is 0 Å². The minimum atomic E-state index is 0.624. The second-order valence-electron chi connectivity index (χ2n) is 8.12. The molecular weight excluding hydrogens is 390 g/mol. The van der Waals surface area contributed by atoms with Gasteiger partial charge >= 0.3 is 0 Å². The number of aromatic nitrogens is 2. The van der Waals surface area contributed by atoms with E-state index in [9.17, 15) is 0 Å². The summed E-state index contributed by atoms with van der Waals surface area (Å²) in [6, 6.07) is 14.2. The third kappa shape index (κ3) is 4.30. The zero-order valence-electron chi connectivity index (χ0n) is 17.7. The number of anilines is 1. The number of piperazine rings is 1. The van der Waals surface area contributed by atoms with Crippen molar-refractivity contribution in [3.63, 3.8) is 0 Å². The maximum atomic E-state index is 9.13. The molecule has 0 spiro atoms. The second kappa shape index (κ2) is 8.86. The van der Waals surface area contributed by atoms with E-state index >= 15 is 0 Å². The normalized spacial score (nSPS) is 16.4. The molecule has 31 heavy (non-hydrogen) atoms. The number of ether oxygens (including phenoxy) is 2. The fraction of sp³-hybridized carbons (Fsp3) is 0.417. The number of hydrogen-bond donors (Lipinski definition) is 0. The number of hydrogen-bond acceptors (Lipinski definition) is 6. The average molecular weight is 418 g/mol. The summed E-state index contributed by atoms with van der Waals surface area (Å²) in [7, 11) is 0. The molecule has 0 saturated carbocycles. The molecule has 0 atom stereocenters.